The predicted octanol–water partition coefficient (Wildman–Crippen LogP) is 0.559. The summed E-state index contributed by atoms with van der Waals surface area (Å²) in [5, 5.41) is 11.4. The molecule has 0 amide bonds. The summed E-state index contributed by atoms with van der Waals surface area (Å²) in [6.45, 7) is 2.68. The van der Waals surface area contributed by atoms with E-state index in [0.717, 1.165) is 25.6 Å². The lowest BCUT2D eigenvalue weighted by molar-refractivity contribution is -0.131. The first-order valence-corrected chi connectivity index (χ1v) is 4.88. The van der Waals surface area contributed by atoms with Gasteiger partial charge >= 0.3 is 5.97 Å². The quantitative estimate of drug-likeness (QED) is 0.444. The van der Waals surface area contributed by atoms with Gasteiger partial charge < -0.3 is 15.3 Å². The molecule has 14 heavy (non-hydrogen) atoms. The van der Waals surface area contributed by atoms with Gasteiger partial charge in [-0.2, -0.15) is 0 Å². The summed E-state index contributed by atoms with van der Waals surface area (Å²) >= 11 is 0. The van der Waals surface area contributed by atoms with Gasteiger partial charge in [0.1, 0.15) is 0 Å². The molecule has 0 saturated carbocycles. The topological polar surface area (TPSA) is 52.6 Å². The molecule has 0 aromatic heterocycles. The number of hydrogen-bond donors (Lipinski definition) is 2. The van der Waals surface area contributed by atoms with Crippen molar-refractivity contribution in [1.82, 2.24) is 10.2 Å². The Labute approximate surface area is 85.6 Å². The van der Waals surface area contributed by atoms with Crippen molar-refractivity contribution in [1.29, 1.82) is 0 Å². The average molecular weight is 200 g/mol. The smallest absolute Gasteiger partial charge is 0.328 e. The second-order valence-corrected chi connectivity index (χ2v) is 3.46. The first-order valence-electron chi connectivity index (χ1n) is 4.88. The second-order valence-electron chi connectivity index (χ2n) is 3.46. The molecule has 0 saturated heterocycles. The lowest BCUT2D eigenvalue weighted by Crippen LogP contribution is -2.18. The van der Waals surface area contributed by atoms with Gasteiger partial charge in [0.2, 0.25) is 0 Å². The van der Waals surface area contributed by atoms with Crippen molar-refractivity contribution < 1.29 is 9.90 Å². The molecule has 0 atom stereocenters. The first-order chi connectivity index (χ1) is 6.63. The van der Waals surface area contributed by atoms with E-state index in [-0.39, 0.29) is 0 Å². The van der Waals surface area contributed by atoms with Crippen LogP contribution in [0.2, 0.25) is 0 Å². The minimum absolute atomic E-state index is 0.633. The third kappa shape index (κ3) is 11.1. The normalized spacial score (nSPS) is 11.4. The number of carboxylic acid groups (broad SMARTS) is 1. The highest BCUT2D eigenvalue weighted by molar-refractivity contribution is 5.79. The molecule has 0 radical (unpaired) electrons. The van der Waals surface area contributed by atoms with Gasteiger partial charge in [-0.1, -0.05) is 6.08 Å². The van der Waals surface area contributed by atoms with E-state index in [2.05, 4.69) is 24.3 Å². The Morgan fingerprint density at radius 1 is 1.43 bits per heavy atom. The molecule has 0 spiro atoms. The second kappa shape index (κ2) is 8.72. The van der Waals surface area contributed by atoms with E-state index < -0.39 is 5.97 Å². The van der Waals surface area contributed by atoms with Crippen LogP contribution in [0.3, 0.4) is 0 Å². The summed E-state index contributed by atoms with van der Waals surface area (Å²) in [7, 11) is 4.12. The van der Waals surface area contributed by atoms with Crippen molar-refractivity contribution in [2.45, 2.75) is 12.8 Å². The summed E-state index contributed by atoms with van der Waals surface area (Å²) in [6.07, 6.45) is 5.07. The van der Waals surface area contributed by atoms with E-state index in [1.807, 2.05) is 0 Å². The maximum absolute atomic E-state index is 10.1. The van der Waals surface area contributed by atoms with Crippen LogP contribution in [-0.2, 0) is 4.79 Å². The van der Waals surface area contributed by atoms with Crippen LogP contribution in [0.1, 0.15) is 12.8 Å². The molecule has 0 aliphatic rings. The van der Waals surface area contributed by atoms with Crippen LogP contribution in [-0.4, -0.2) is 49.7 Å². The molecule has 0 aliphatic carbocycles. The molecule has 0 aliphatic heterocycles. The average Bonchev–Trinajstić information content (AvgIpc) is 2.08. The fourth-order valence-corrected chi connectivity index (χ4v) is 1.02. The molecule has 0 aromatic carbocycles. The van der Waals surface area contributed by atoms with Gasteiger partial charge in [-0.15, -0.1) is 0 Å². The highest BCUT2D eigenvalue weighted by Gasteiger charge is 1.90. The Bertz CT molecular complexity index is 179. The van der Waals surface area contributed by atoms with E-state index in [0.29, 0.717) is 6.54 Å². The fourth-order valence-electron chi connectivity index (χ4n) is 1.02. The number of rotatable bonds is 8. The summed E-state index contributed by atoms with van der Waals surface area (Å²) in [6, 6.07) is 0. The van der Waals surface area contributed by atoms with Gasteiger partial charge in [-0.25, -0.2) is 4.79 Å². The maximum atomic E-state index is 10.1. The number of hydrogen-bond acceptors (Lipinski definition) is 3. The third-order valence-corrected chi connectivity index (χ3v) is 1.73. The van der Waals surface area contributed by atoms with E-state index in [1.165, 1.54) is 6.42 Å². The van der Waals surface area contributed by atoms with Crippen molar-refractivity contribution in [3.8, 4) is 0 Å². The molecule has 4 heteroatoms. The van der Waals surface area contributed by atoms with Gasteiger partial charge in [0.05, 0.1) is 0 Å². The largest absolute Gasteiger partial charge is 0.478 e. The Morgan fingerprint density at radius 3 is 2.71 bits per heavy atom. The zero-order valence-electron chi connectivity index (χ0n) is 8.99. The zero-order chi connectivity index (χ0) is 10.8. The SMILES string of the molecule is CN(C)CCCCNC/C=C/C(=O)O. The first kappa shape index (κ1) is 13.1. The zero-order valence-corrected chi connectivity index (χ0v) is 8.99. The molecule has 4 nitrogen and oxygen atoms in total. The molecular formula is C10H20N2O2. The van der Waals surface area contributed by atoms with Crippen LogP contribution < -0.4 is 5.32 Å². The summed E-state index contributed by atoms with van der Waals surface area (Å²) in [5.74, 6) is -0.889. The van der Waals surface area contributed by atoms with Crippen LogP contribution >= 0.6 is 0 Å². The number of aliphatic carboxylic acids is 1. The van der Waals surface area contributed by atoms with Crippen molar-refractivity contribution in [2.75, 3.05) is 33.7 Å². The van der Waals surface area contributed by atoms with Crippen LogP contribution in [0.5, 0.6) is 0 Å². The Hall–Kier alpha value is -0.870. The number of carboxylic acids is 1. The summed E-state index contributed by atoms with van der Waals surface area (Å²) in [5.41, 5.74) is 0. The van der Waals surface area contributed by atoms with Gasteiger partial charge in [0.25, 0.3) is 0 Å². The van der Waals surface area contributed by atoms with Gasteiger partial charge in [0.15, 0.2) is 0 Å². The van der Waals surface area contributed by atoms with Crippen molar-refractivity contribution in [3.05, 3.63) is 12.2 Å². The third-order valence-electron chi connectivity index (χ3n) is 1.73. The molecule has 0 unspecified atom stereocenters. The van der Waals surface area contributed by atoms with E-state index in [4.69, 9.17) is 5.11 Å². The van der Waals surface area contributed by atoms with Crippen molar-refractivity contribution in [3.63, 3.8) is 0 Å². The molecule has 0 aromatic rings. The summed E-state index contributed by atoms with van der Waals surface area (Å²) in [4.78, 5) is 12.2. The van der Waals surface area contributed by atoms with Crippen LogP contribution in [0.15, 0.2) is 12.2 Å². The van der Waals surface area contributed by atoms with Gasteiger partial charge in [0, 0.05) is 12.6 Å². The molecule has 0 heterocycles. The number of carbonyl (C=O) groups is 1. The van der Waals surface area contributed by atoms with E-state index >= 15 is 0 Å². The van der Waals surface area contributed by atoms with Crippen LogP contribution in [0.4, 0.5) is 0 Å². The molecule has 0 rings (SSSR count). The van der Waals surface area contributed by atoms with Gasteiger partial charge in [-0.3, -0.25) is 0 Å². The van der Waals surface area contributed by atoms with Crippen molar-refractivity contribution >= 4 is 5.97 Å². The molecule has 82 valence electrons. The van der Waals surface area contributed by atoms with Crippen LogP contribution in [0, 0.1) is 0 Å². The number of unbranched alkanes of at least 4 members (excludes halogenated alkanes) is 1. The van der Waals surface area contributed by atoms with Crippen LogP contribution in [0.25, 0.3) is 0 Å². The highest BCUT2D eigenvalue weighted by atomic mass is 16.4. The number of nitrogens with one attached hydrogen (secondary N) is 1. The lowest BCUT2D eigenvalue weighted by atomic mass is 10.3. The number of nitrogens with zero attached hydrogens (tertiary/aromatic N) is 1. The summed E-state index contributed by atoms with van der Waals surface area (Å²) < 4.78 is 0. The molecule has 0 bridgehead atoms. The van der Waals surface area contributed by atoms with Gasteiger partial charge in [-0.05, 0) is 40.0 Å². The standard InChI is InChI=1S/C10H20N2O2/c1-12(2)9-4-3-7-11-8-5-6-10(13)14/h5-6,11H,3-4,7-9H2,1-2H3,(H,13,14)/b6-5+. The minimum atomic E-state index is -0.889. The monoisotopic (exact) mass is 200 g/mol. The molecular weight excluding hydrogens is 180 g/mol. The Morgan fingerprint density at radius 2 is 2.14 bits per heavy atom. The Kier molecular flexibility index (Phi) is 8.17. The molecule has 0 fully saturated rings. The van der Waals surface area contributed by atoms with Crippen molar-refractivity contribution in [2.24, 2.45) is 0 Å². The maximum Gasteiger partial charge on any atom is 0.328 e. The lowest BCUT2D eigenvalue weighted by Gasteiger charge is -2.08. The highest BCUT2D eigenvalue weighted by Crippen LogP contribution is 1.88. The predicted molar refractivity (Wildman–Crippen MR) is 57.4 cm³/mol. The molecule has 2 N–H and O–H groups in total. The minimum Gasteiger partial charge on any atom is -0.478 e. The fraction of sp³-hybridized carbons (Fsp3) is 0.700. The Balaban J connectivity index is 3.10. The van der Waals surface area contributed by atoms with E-state index in [1.54, 1.807) is 6.08 Å². The van der Waals surface area contributed by atoms with E-state index in [9.17, 15) is 4.79 Å².